The third-order valence-electron chi connectivity index (χ3n) is 6.63. The van der Waals surface area contributed by atoms with Crippen molar-refractivity contribution in [3.8, 4) is 11.5 Å². The first-order valence-corrected chi connectivity index (χ1v) is 12.4. The summed E-state index contributed by atoms with van der Waals surface area (Å²) < 4.78 is 16.0. The van der Waals surface area contributed by atoms with E-state index in [1.165, 1.54) is 20.3 Å². The number of ether oxygens (including phenoxy) is 3. The molecule has 0 saturated carbocycles. The lowest BCUT2D eigenvalue weighted by atomic mass is 10.0. The fraction of sp³-hybridized carbons (Fsp3) is 0.393. The molecular formula is C28H33N3O6. The molecule has 1 aliphatic heterocycles. The van der Waals surface area contributed by atoms with Crippen LogP contribution in [0.1, 0.15) is 45.5 Å². The third-order valence-corrected chi connectivity index (χ3v) is 6.63. The highest BCUT2D eigenvalue weighted by atomic mass is 16.5. The Labute approximate surface area is 215 Å². The molecule has 1 aromatic heterocycles. The number of benzene rings is 2. The predicted molar refractivity (Wildman–Crippen MR) is 142 cm³/mol. The van der Waals surface area contributed by atoms with Crippen LogP contribution in [0.15, 0.2) is 41.2 Å². The van der Waals surface area contributed by atoms with Gasteiger partial charge in [-0.05, 0) is 50.1 Å². The van der Waals surface area contributed by atoms with Crippen molar-refractivity contribution in [2.75, 3.05) is 52.4 Å². The number of methoxy groups -OCH3 is 2. The van der Waals surface area contributed by atoms with Crippen LogP contribution in [-0.2, 0) is 4.74 Å². The molecule has 2 heterocycles. The van der Waals surface area contributed by atoms with Crippen LogP contribution in [0.2, 0.25) is 0 Å². The zero-order valence-electron chi connectivity index (χ0n) is 21.5. The van der Waals surface area contributed by atoms with Gasteiger partial charge in [-0.3, -0.25) is 19.3 Å². The Hall–Kier alpha value is -3.69. The molecule has 2 N–H and O–H groups in total. The van der Waals surface area contributed by atoms with Crippen molar-refractivity contribution >= 4 is 28.3 Å². The quantitative estimate of drug-likeness (QED) is 0.317. The summed E-state index contributed by atoms with van der Waals surface area (Å²) in [6, 6.07) is 10.1. The van der Waals surface area contributed by atoms with E-state index in [4.69, 9.17) is 14.2 Å². The Kier molecular flexibility index (Phi) is 8.58. The number of amides is 1. The molecule has 1 aliphatic rings. The number of aromatic amines is 1. The van der Waals surface area contributed by atoms with E-state index in [9.17, 15) is 14.4 Å². The molecule has 1 fully saturated rings. The summed E-state index contributed by atoms with van der Waals surface area (Å²) in [6.07, 6.45) is 2.19. The molecule has 0 aliphatic carbocycles. The second-order valence-electron chi connectivity index (χ2n) is 9.12. The summed E-state index contributed by atoms with van der Waals surface area (Å²) in [5.74, 6) is 0.430. The second-order valence-corrected chi connectivity index (χ2v) is 9.12. The number of carbonyl (C=O) groups excluding carboxylic acids is 2. The second kappa shape index (κ2) is 12.0. The Balaban J connectivity index is 1.44. The molecule has 37 heavy (non-hydrogen) atoms. The number of Topliss-reactive ketones (excluding diaryl/α,β-unsaturated/α-hetero) is 1. The molecule has 0 bridgehead atoms. The van der Waals surface area contributed by atoms with E-state index in [2.05, 4.69) is 15.2 Å². The lowest BCUT2D eigenvalue weighted by molar-refractivity contribution is 0.0371. The number of fused-ring (bicyclic) bond motifs is 1. The first kappa shape index (κ1) is 26.4. The average molecular weight is 508 g/mol. The summed E-state index contributed by atoms with van der Waals surface area (Å²) in [7, 11) is 3.03. The first-order chi connectivity index (χ1) is 17.9. The van der Waals surface area contributed by atoms with E-state index in [0.29, 0.717) is 40.1 Å². The molecule has 0 radical (unpaired) electrons. The lowest BCUT2D eigenvalue weighted by Crippen LogP contribution is -2.36. The normalized spacial score (nSPS) is 13.9. The Morgan fingerprint density at radius 3 is 2.49 bits per heavy atom. The summed E-state index contributed by atoms with van der Waals surface area (Å²) >= 11 is 0. The number of unbranched alkanes of at least 4 members (excludes halogenated alkanes) is 1. The van der Waals surface area contributed by atoms with Crippen LogP contribution in [0.25, 0.3) is 10.9 Å². The molecule has 0 spiro atoms. The number of H-pyrrole nitrogens is 1. The van der Waals surface area contributed by atoms with Crippen LogP contribution in [-0.4, -0.2) is 68.6 Å². The number of ketones is 1. The summed E-state index contributed by atoms with van der Waals surface area (Å²) in [4.78, 5) is 43.6. The number of pyridine rings is 1. The van der Waals surface area contributed by atoms with Gasteiger partial charge >= 0.3 is 0 Å². The Bertz CT molecular complexity index is 1340. The van der Waals surface area contributed by atoms with Crippen LogP contribution in [0, 0.1) is 6.92 Å². The number of anilines is 1. The van der Waals surface area contributed by atoms with Gasteiger partial charge in [-0.1, -0.05) is 12.1 Å². The lowest BCUT2D eigenvalue weighted by Gasteiger charge is -2.26. The summed E-state index contributed by atoms with van der Waals surface area (Å²) in [6.45, 7) is 6.22. The van der Waals surface area contributed by atoms with Crippen molar-refractivity contribution in [2.45, 2.75) is 26.2 Å². The smallest absolute Gasteiger partial charge is 0.261 e. The molecule has 196 valence electrons. The number of carbonyl (C=O) groups is 2. The number of rotatable bonds is 10. The molecule has 9 nitrogen and oxygen atoms in total. The van der Waals surface area contributed by atoms with Gasteiger partial charge in [-0.2, -0.15) is 0 Å². The van der Waals surface area contributed by atoms with Crippen molar-refractivity contribution < 1.29 is 23.8 Å². The van der Waals surface area contributed by atoms with E-state index < -0.39 is 11.5 Å². The molecule has 4 rings (SSSR count). The van der Waals surface area contributed by atoms with Crippen LogP contribution in [0.5, 0.6) is 11.5 Å². The minimum Gasteiger partial charge on any atom is -0.493 e. The molecule has 2 aromatic carbocycles. The van der Waals surface area contributed by atoms with Crippen LogP contribution in [0.4, 0.5) is 5.69 Å². The van der Waals surface area contributed by atoms with Crippen molar-refractivity contribution in [1.82, 2.24) is 9.88 Å². The van der Waals surface area contributed by atoms with E-state index in [1.807, 2.05) is 6.92 Å². The van der Waals surface area contributed by atoms with Crippen molar-refractivity contribution in [1.29, 1.82) is 0 Å². The Morgan fingerprint density at radius 2 is 1.76 bits per heavy atom. The Morgan fingerprint density at radius 1 is 1.03 bits per heavy atom. The summed E-state index contributed by atoms with van der Waals surface area (Å²) in [5.41, 5.74) is 1.78. The van der Waals surface area contributed by atoms with Gasteiger partial charge in [0.05, 0.1) is 33.0 Å². The topological polar surface area (TPSA) is 110 Å². The van der Waals surface area contributed by atoms with Crippen LogP contribution >= 0.6 is 0 Å². The highest BCUT2D eigenvalue weighted by Gasteiger charge is 2.17. The van der Waals surface area contributed by atoms with Crippen molar-refractivity contribution in [3.05, 3.63) is 63.4 Å². The van der Waals surface area contributed by atoms with E-state index >= 15 is 0 Å². The maximum atomic E-state index is 13.1. The van der Waals surface area contributed by atoms with Gasteiger partial charge in [0.1, 0.15) is 5.56 Å². The monoisotopic (exact) mass is 507 g/mol. The molecule has 3 aromatic rings. The number of aromatic nitrogens is 1. The average Bonchev–Trinajstić information content (AvgIpc) is 2.91. The molecule has 1 saturated heterocycles. The standard InChI is InChI=1S/C28H33N3O6/c1-18-7-8-19(24(32)6-4-5-9-31-10-12-37-13-11-31)15-22(18)29-27(33)21-14-20-16-25(35-2)26(36-3)17-23(20)30-28(21)34/h7-8,14-17H,4-6,9-13H2,1-3H3,(H,29,33)(H,30,34). The SMILES string of the molecule is COc1cc2cc(C(=O)Nc3cc(C(=O)CCCCN4CCOCC4)ccc3C)c(=O)[nH]c2cc1OC. The van der Waals surface area contributed by atoms with Crippen LogP contribution in [0.3, 0.4) is 0 Å². The van der Waals surface area contributed by atoms with E-state index in [0.717, 1.165) is 51.3 Å². The van der Waals surface area contributed by atoms with Crippen molar-refractivity contribution in [3.63, 3.8) is 0 Å². The first-order valence-electron chi connectivity index (χ1n) is 12.4. The van der Waals surface area contributed by atoms with Gasteiger partial charge in [-0.25, -0.2) is 0 Å². The minimum absolute atomic E-state index is 0.0297. The number of morpholine rings is 1. The van der Waals surface area contributed by atoms with Gasteiger partial charge < -0.3 is 24.5 Å². The zero-order chi connectivity index (χ0) is 26.4. The molecule has 0 atom stereocenters. The van der Waals surface area contributed by atoms with Gasteiger partial charge in [0, 0.05) is 42.2 Å². The fourth-order valence-corrected chi connectivity index (χ4v) is 4.41. The van der Waals surface area contributed by atoms with Gasteiger partial charge in [0.15, 0.2) is 17.3 Å². The van der Waals surface area contributed by atoms with Gasteiger partial charge in [0.2, 0.25) is 0 Å². The number of aryl methyl sites for hydroxylation is 1. The predicted octanol–water partition coefficient (Wildman–Crippen LogP) is 3.79. The highest BCUT2D eigenvalue weighted by Crippen LogP contribution is 2.31. The molecule has 1 amide bonds. The van der Waals surface area contributed by atoms with Gasteiger partial charge in [-0.15, -0.1) is 0 Å². The molecule has 9 heteroatoms. The van der Waals surface area contributed by atoms with E-state index in [-0.39, 0.29) is 11.3 Å². The maximum Gasteiger partial charge on any atom is 0.261 e. The van der Waals surface area contributed by atoms with Gasteiger partial charge in [0.25, 0.3) is 11.5 Å². The number of nitrogens with one attached hydrogen (secondary N) is 2. The fourth-order valence-electron chi connectivity index (χ4n) is 4.41. The number of nitrogens with zero attached hydrogens (tertiary/aromatic N) is 1. The summed E-state index contributed by atoms with van der Waals surface area (Å²) in [5, 5.41) is 3.43. The third kappa shape index (κ3) is 6.36. The van der Waals surface area contributed by atoms with E-state index in [1.54, 1.807) is 30.3 Å². The zero-order valence-corrected chi connectivity index (χ0v) is 21.5. The number of hydrogen-bond acceptors (Lipinski definition) is 7. The number of hydrogen-bond donors (Lipinski definition) is 2. The van der Waals surface area contributed by atoms with Crippen molar-refractivity contribution in [2.24, 2.45) is 0 Å². The molecule has 0 unspecified atom stereocenters. The maximum absolute atomic E-state index is 13.1. The largest absolute Gasteiger partial charge is 0.493 e. The minimum atomic E-state index is -0.559. The van der Waals surface area contributed by atoms with Crippen LogP contribution < -0.4 is 20.3 Å². The highest BCUT2D eigenvalue weighted by molar-refractivity contribution is 6.07. The molecular weight excluding hydrogens is 474 g/mol.